The van der Waals surface area contributed by atoms with Gasteiger partial charge in [0.05, 0.1) is 11.4 Å². The molecule has 0 aliphatic carbocycles. The van der Waals surface area contributed by atoms with E-state index >= 15 is 0 Å². The van der Waals surface area contributed by atoms with E-state index in [0.717, 1.165) is 5.56 Å². The van der Waals surface area contributed by atoms with Crippen molar-refractivity contribution in [3.63, 3.8) is 0 Å². The second-order valence-corrected chi connectivity index (χ2v) is 5.40. The molecule has 1 radical (unpaired) electrons. The molecular weight excluding hydrogens is 405 g/mol. The summed E-state index contributed by atoms with van der Waals surface area (Å²) in [4.78, 5) is 24.2. The Morgan fingerprint density at radius 2 is 1.85 bits per heavy atom. The molecule has 129 valence electrons. The van der Waals surface area contributed by atoms with Gasteiger partial charge in [-0.1, -0.05) is 31.2 Å². The number of amides is 1. The van der Waals surface area contributed by atoms with Gasteiger partial charge in [-0.15, -0.1) is 0 Å². The van der Waals surface area contributed by atoms with E-state index in [1.54, 1.807) is 31.2 Å². The van der Waals surface area contributed by atoms with Crippen molar-refractivity contribution in [2.45, 2.75) is 13.5 Å². The van der Waals surface area contributed by atoms with Crippen molar-refractivity contribution >= 4 is 23.2 Å². The number of carbonyl (C=O) groups excluding carboxylic acids is 1. The van der Waals surface area contributed by atoms with Crippen molar-refractivity contribution in [3.8, 4) is 0 Å². The minimum absolute atomic E-state index is 0. The van der Waals surface area contributed by atoms with E-state index in [-0.39, 0.29) is 38.6 Å². The molecule has 0 saturated heterocycles. The van der Waals surface area contributed by atoms with Gasteiger partial charge >= 0.3 is 0 Å². The Morgan fingerprint density at radius 3 is 2.54 bits per heavy atom. The number of nitrogens with two attached hydrogens (primary N) is 1. The van der Waals surface area contributed by atoms with Gasteiger partial charge in [0.25, 0.3) is 5.91 Å². The van der Waals surface area contributed by atoms with Gasteiger partial charge in [0, 0.05) is 57.0 Å². The summed E-state index contributed by atoms with van der Waals surface area (Å²) in [6.45, 7) is 2.31. The molecule has 0 spiro atoms. The van der Waals surface area contributed by atoms with E-state index in [9.17, 15) is 4.79 Å². The SMILES string of the molecule is Cc1n[c-]nc(NCc2ccc(C(=O)Nc3ccccc3N)cc2)n1.[Y]. The molecule has 0 aliphatic heterocycles. The number of hydrogen-bond donors (Lipinski definition) is 3. The van der Waals surface area contributed by atoms with Gasteiger partial charge in [0.2, 0.25) is 0 Å². The number of hydrogen-bond acceptors (Lipinski definition) is 6. The zero-order valence-corrected chi connectivity index (χ0v) is 17.1. The smallest absolute Gasteiger partial charge is 0.255 e. The van der Waals surface area contributed by atoms with Crippen molar-refractivity contribution in [2.75, 3.05) is 16.4 Å². The second-order valence-electron chi connectivity index (χ2n) is 5.40. The average molecular weight is 422 g/mol. The Kier molecular flexibility index (Phi) is 7.18. The Balaban J connectivity index is 0.00000243. The van der Waals surface area contributed by atoms with Crippen LogP contribution in [0.4, 0.5) is 17.3 Å². The molecule has 0 atom stereocenters. The van der Waals surface area contributed by atoms with Crippen molar-refractivity contribution < 1.29 is 37.5 Å². The first kappa shape index (κ1) is 19.9. The van der Waals surface area contributed by atoms with Crippen LogP contribution >= 0.6 is 0 Å². The molecule has 0 bridgehead atoms. The van der Waals surface area contributed by atoms with Crippen molar-refractivity contribution in [1.29, 1.82) is 0 Å². The number of aromatic nitrogens is 3. The molecule has 3 rings (SSSR count). The van der Waals surface area contributed by atoms with E-state index in [1.807, 2.05) is 24.3 Å². The Morgan fingerprint density at radius 1 is 1.12 bits per heavy atom. The summed E-state index contributed by atoms with van der Waals surface area (Å²) in [6.07, 6.45) is 2.53. The molecule has 3 aromatic rings. The summed E-state index contributed by atoms with van der Waals surface area (Å²) < 4.78 is 0. The van der Waals surface area contributed by atoms with Crippen molar-refractivity contribution in [1.82, 2.24) is 15.0 Å². The molecule has 0 aliphatic rings. The molecule has 4 N–H and O–H groups in total. The number of carbonyl (C=O) groups is 1. The average Bonchev–Trinajstić information content (AvgIpc) is 2.62. The van der Waals surface area contributed by atoms with Crippen molar-refractivity contribution in [2.24, 2.45) is 0 Å². The van der Waals surface area contributed by atoms with E-state index in [0.29, 0.717) is 35.3 Å². The van der Waals surface area contributed by atoms with Crippen LogP contribution in [-0.4, -0.2) is 20.9 Å². The maximum absolute atomic E-state index is 12.3. The van der Waals surface area contributed by atoms with Crippen LogP contribution in [0.5, 0.6) is 0 Å². The predicted octanol–water partition coefficient (Wildman–Crippen LogP) is 2.42. The molecule has 2 aromatic carbocycles. The van der Waals surface area contributed by atoms with E-state index < -0.39 is 0 Å². The van der Waals surface area contributed by atoms with Gasteiger partial charge in [0.1, 0.15) is 5.95 Å². The van der Waals surface area contributed by atoms with Gasteiger partial charge in [-0.25, -0.2) is 0 Å². The van der Waals surface area contributed by atoms with E-state index in [2.05, 4.69) is 31.9 Å². The topological polar surface area (TPSA) is 106 Å². The van der Waals surface area contributed by atoms with Crippen LogP contribution in [0, 0.1) is 13.3 Å². The molecule has 0 unspecified atom stereocenters. The monoisotopic (exact) mass is 422 g/mol. The minimum Gasteiger partial charge on any atom is -0.403 e. The third-order valence-electron chi connectivity index (χ3n) is 3.51. The quantitative estimate of drug-likeness (QED) is 0.431. The number of nitrogen functional groups attached to an aromatic ring is 1. The van der Waals surface area contributed by atoms with Crippen molar-refractivity contribution in [3.05, 3.63) is 71.8 Å². The largest absolute Gasteiger partial charge is 0.403 e. The number of nitrogens with one attached hydrogen (secondary N) is 2. The summed E-state index contributed by atoms with van der Waals surface area (Å²) in [5, 5.41) is 5.89. The number of para-hydroxylation sites is 2. The van der Waals surface area contributed by atoms with Crippen LogP contribution in [0.15, 0.2) is 48.5 Å². The molecule has 7 nitrogen and oxygen atoms in total. The third kappa shape index (κ3) is 5.31. The standard InChI is InChI=1S/C18H17N6O.Y/c1-12-21-11-22-18(23-12)20-10-13-6-8-14(9-7-13)17(25)24-16-5-3-2-4-15(16)19;/h2-9H,10,19H2,1H3,(H,24,25)(H,20,21,22,23);/q-1;. The molecule has 1 amide bonds. The van der Waals surface area contributed by atoms with Crippen LogP contribution in [0.25, 0.3) is 0 Å². The van der Waals surface area contributed by atoms with Gasteiger partial charge < -0.3 is 31.3 Å². The molecule has 1 aromatic heterocycles. The Labute approximate surface area is 176 Å². The van der Waals surface area contributed by atoms with Crippen LogP contribution in [0.1, 0.15) is 21.7 Å². The van der Waals surface area contributed by atoms with E-state index in [4.69, 9.17) is 5.73 Å². The second kappa shape index (κ2) is 9.36. The fourth-order valence-electron chi connectivity index (χ4n) is 2.19. The third-order valence-corrected chi connectivity index (χ3v) is 3.51. The summed E-state index contributed by atoms with van der Waals surface area (Å²) in [7, 11) is 0. The molecule has 1 heterocycles. The maximum Gasteiger partial charge on any atom is 0.255 e. The molecule has 26 heavy (non-hydrogen) atoms. The zero-order chi connectivity index (χ0) is 17.6. The summed E-state index contributed by atoms with van der Waals surface area (Å²) >= 11 is 0. The summed E-state index contributed by atoms with van der Waals surface area (Å²) in [5.74, 6) is 0.860. The van der Waals surface area contributed by atoms with Gasteiger partial charge in [0.15, 0.2) is 0 Å². The predicted molar refractivity (Wildman–Crippen MR) is 96.0 cm³/mol. The molecular formula is C18H17N6OY-. The molecule has 0 saturated carbocycles. The minimum atomic E-state index is -0.208. The van der Waals surface area contributed by atoms with Crippen LogP contribution in [-0.2, 0) is 39.3 Å². The first-order chi connectivity index (χ1) is 12.1. The fraction of sp³-hybridized carbons (Fsp3) is 0.111. The van der Waals surface area contributed by atoms with Gasteiger partial charge in [-0.05, 0) is 29.8 Å². The Bertz CT molecular complexity index is 885. The first-order valence-corrected chi connectivity index (χ1v) is 7.69. The molecule has 8 heteroatoms. The number of benzene rings is 2. The maximum atomic E-state index is 12.3. The molecule has 0 fully saturated rings. The summed E-state index contributed by atoms with van der Waals surface area (Å²) in [6, 6.07) is 14.4. The number of nitrogens with zero attached hydrogens (tertiary/aromatic N) is 3. The number of aryl methyl sites for hydroxylation is 1. The van der Waals surface area contributed by atoms with E-state index in [1.165, 1.54) is 0 Å². The number of anilines is 3. The Hall–Kier alpha value is -2.38. The van der Waals surface area contributed by atoms with Gasteiger partial charge in [-0.3, -0.25) is 4.79 Å². The first-order valence-electron chi connectivity index (χ1n) is 7.69. The van der Waals surface area contributed by atoms with Crippen LogP contribution < -0.4 is 16.4 Å². The number of rotatable bonds is 5. The normalized spacial score (nSPS) is 9.88. The fourth-order valence-corrected chi connectivity index (χ4v) is 2.19. The summed E-state index contributed by atoms with van der Waals surface area (Å²) in [5.41, 5.74) is 8.51. The van der Waals surface area contributed by atoms with Crippen LogP contribution in [0.3, 0.4) is 0 Å². The van der Waals surface area contributed by atoms with Crippen LogP contribution in [0.2, 0.25) is 0 Å². The van der Waals surface area contributed by atoms with Gasteiger partial charge in [-0.2, -0.15) is 0 Å². The zero-order valence-electron chi connectivity index (χ0n) is 14.2.